The molecule has 0 saturated heterocycles. The number of aryl methyl sites for hydroxylation is 2. The minimum absolute atomic E-state index is 0.216. The fourth-order valence-corrected chi connectivity index (χ4v) is 3.53. The van der Waals surface area contributed by atoms with Crippen LogP contribution in [0, 0.1) is 13.8 Å². The number of nitrogens with zero attached hydrogens (tertiary/aromatic N) is 3. The van der Waals surface area contributed by atoms with Crippen molar-refractivity contribution in [3.63, 3.8) is 0 Å². The molecule has 1 aliphatic heterocycles. The zero-order valence-corrected chi connectivity index (χ0v) is 17.8. The Morgan fingerprint density at radius 1 is 1.00 bits per heavy atom. The summed E-state index contributed by atoms with van der Waals surface area (Å²) >= 11 is 3.39. The second kappa shape index (κ2) is 7.33. The molecule has 0 spiro atoms. The molecule has 1 N–H and O–H groups in total. The quantitative estimate of drug-likeness (QED) is 0.602. The molecule has 0 unspecified atom stereocenters. The van der Waals surface area contributed by atoms with Gasteiger partial charge in [-0.25, -0.2) is 4.68 Å². The molecular formula is C22H19BrN4O2. The third-order valence-corrected chi connectivity index (χ3v) is 5.33. The molecule has 0 saturated carbocycles. The van der Waals surface area contributed by atoms with Crippen molar-refractivity contribution in [2.24, 2.45) is 5.10 Å². The van der Waals surface area contributed by atoms with Gasteiger partial charge < -0.3 is 0 Å². The van der Waals surface area contributed by atoms with E-state index in [2.05, 4.69) is 26.1 Å². The normalized spacial score (nSPS) is 15.3. The number of hydrazone groups is 1. The smallest absolute Gasteiger partial charge is 0.280 e. The molecule has 0 bridgehead atoms. The maximum absolute atomic E-state index is 13.0. The van der Waals surface area contributed by atoms with E-state index >= 15 is 0 Å². The fourth-order valence-electron chi connectivity index (χ4n) is 3.26. The van der Waals surface area contributed by atoms with E-state index in [-0.39, 0.29) is 11.5 Å². The largest absolute Gasteiger partial charge is 0.295 e. The van der Waals surface area contributed by atoms with Crippen molar-refractivity contribution in [1.29, 1.82) is 0 Å². The van der Waals surface area contributed by atoms with E-state index in [1.165, 1.54) is 9.69 Å². The Balaban J connectivity index is 1.73. The number of amides is 1. The van der Waals surface area contributed by atoms with Gasteiger partial charge in [-0.1, -0.05) is 28.1 Å². The van der Waals surface area contributed by atoms with Gasteiger partial charge in [0.2, 0.25) is 0 Å². The number of carbonyl (C=O) groups is 1. The molecule has 29 heavy (non-hydrogen) atoms. The van der Waals surface area contributed by atoms with Crippen LogP contribution in [0.15, 0.2) is 68.5 Å². The average molecular weight is 451 g/mol. The van der Waals surface area contributed by atoms with Crippen LogP contribution in [0.3, 0.4) is 0 Å². The number of H-pyrrole nitrogens is 1. The highest BCUT2D eigenvalue weighted by Crippen LogP contribution is 2.25. The Labute approximate surface area is 176 Å². The molecule has 1 aromatic heterocycles. The van der Waals surface area contributed by atoms with E-state index in [9.17, 15) is 9.59 Å². The first kappa shape index (κ1) is 19.1. The molecule has 7 heteroatoms. The van der Waals surface area contributed by atoms with E-state index in [0.717, 1.165) is 15.7 Å². The fraction of sp³-hybridized carbons (Fsp3) is 0.136. The lowest BCUT2D eigenvalue weighted by Crippen LogP contribution is -2.22. The second-order valence-corrected chi connectivity index (χ2v) is 7.88. The van der Waals surface area contributed by atoms with Crippen molar-refractivity contribution >= 4 is 39.3 Å². The van der Waals surface area contributed by atoms with Crippen molar-refractivity contribution in [3.05, 3.63) is 85.8 Å². The third-order valence-electron chi connectivity index (χ3n) is 4.80. The Kier molecular flexibility index (Phi) is 4.84. The van der Waals surface area contributed by atoms with Gasteiger partial charge in [0, 0.05) is 10.2 Å². The summed E-state index contributed by atoms with van der Waals surface area (Å²) in [4.78, 5) is 26.0. The SMILES string of the molecule is CC1=NN(c2cccc(C)c2)C(=O)/C1=C/c1c(C)[nH]n(-c2ccc(Br)cc2)c1=O. The third kappa shape index (κ3) is 3.49. The number of carbonyl (C=O) groups excluding carboxylic acids is 1. The first-order valence-corrected chi connectivity index (χ1v) is 9.90. The highest BCUT2D eigenvalue weighted by molar-refractivity contribution is 9.10. The van der Waals surface area contributed by atoms with Crippen LogP contribution in [-0.4, -0.2) is 21.4 Å². The molecule has 2 aromatic carbocycles. The van der Waals surface area contributed by atoms with Crippen LogP contribution in [-0.2, 0) is 4.79 Å². The Bertz CT molecular complexity index is 1230. The van der Waals surface area contributed by atoms with Crippen LogP contribution in [0.4, 0.5) is 5.69 Å². The maximum Gasteiger partial charge on any atom is 0.280 e. The molecule has 0 fully saturated rings. The summed E-state index contributed by atoms with van der Waals surface area (Å²) in [6.07, 6.45) is 1.63. The molecular weight excluding hydrogens is 432 g/mol. The number of benzene rings is 2. The van der Waals surface area contributed by atoms with Crippen molar-refractivity contribution in [3.8, 4) is 5.69 Å². The molecule has 0 atom stereocenters. The van der Waals surface area contributed by atoms with Crippen molar-refractivity contribution in [2.45, 2.75) is 20.8 Å². The second-order valence-electron chi connectivity index (χ2n) is 6.97. The Morgan fingerprint density at radius 2 is 1.72 bits per heavy atom. The molecule has 0 aliphatic carbocycles. The summed E-state index contributed by atoms with van der Waals surface area (Å²) in [6, 6.07) is 15.0. The number of anilines is 1. The van der Waals surface area contributed by atoms with Crippen LogP contribution in [0.5, 0.6) is 0 Å². The van der Waals surface area contributed by atoms with Crippen LogP contribution < -0.4 is 10.6 Å². The van der Waals surface area contributed by atoms with Gasteiger partial charge in [0.05, 0.1) is 28.2 Å². The van der Waals surface area contributed by atoms with Gasteiger partial charge in [-0.15, -0.1) is 0 Å². The summed E-state index contributed by atoms with van der Waals surface area (Å²) in [7, 11) is 0. The number of halogens is 1. The van der Waals surface area contributed by atoms with Crippen LogP contribution in [0.25, 0.3) is 11.8 Å². The van der Waals surface area contributed by atoms with Crippen LogP contribution in [0.1, 0.15) is 23.7 Å². The van der Waals surface area contributed by atoms with Gasteiger partial charge in [0.15, 0.2) is 0 Å². The van der Waals surface area contributed by atoms with Gasteiger partial charge in [-0.2, -0.15) is 10.1 Å². The zero-order chi connectivity index (χ0) is 20.7. The number of hydrogen-bond donors (Lipinski definition) is 1. The Morgan fingerprint density at radius 3 is 2.41 bits per heavy atom. The molecule has 6 nitrogen and oxygen atoms in total. The van der Waals surface area contributed by atoms with Crippen molar-refractivity contribution in [2.75, 3.05) is 5.01 Å². The van der Waals surface area contributed by atoms with E-state index < -0.39 is 0 Å². The summed E-state index contributed by atoms with van der Waals surface area (Å²) in [5, 5.41) is 8.86. The van der Waals surface area contributed by atoms with E-state index in [4.69, 9.17) is 0 Å². The summed E-state index contributed by atoms with van der Waals surface area (Å²) in [5.74, 6) is -0.247. The van der Waals surface area contributed by atoms with Gasteiger partial charge in [0.1, 0.15) is 0 Å². The highest BCUT2D eigenvalue weighted by atomic mass is 79.9. The zero-order valence-electron chi connectivity index (χ0n) is 16.2. The first-order valence-electron chi connectivity index (χ1n) is 9.11. The number of nitrogens with one attached hydrogen (secondary N) is 1. The molecule has 1 aliphatic rings. The lowest BCUT2D eigenvalue weighted by molar-refractivity contribution is -0.114. The topological polar surface area (TPSA) is 70.5 Å². The van der Waals surface area contributed by atoms with E-state index in [1.807, 2.05) is 62.4 Å². The Hall–Kier alpha value is -3.19. The number of rotatable bonds is 3. The molecule has 1 amide bonds. The molecule has 2 heterocycles. The van der Waals surface area contributed by atoms with Crippen molar-refractivity contribution < 1.29 is 4.79 Å². The van der Waals surface area contributed by atoms with E-state index in [0.29, 0.717) is 28.2 Å². The predicted molar refractivity (Wildman–Crippen MR) is 119 cm³/mol. The maximum atomic E-state index is 13.0. The van der Waals surface area contributed by atoms with Crippen LogP contribution >= 0.6 is 15.9 Å². The van der Waals surface area contributed by atoms with Gasteiger partial charge >= 0.3 is 0 Å². The summed E-state index contributed by atoms with van der Waals surface area (Å²) < 4.78 is 2.40. The first-order chi connectivity index (χ1) is 13.8. The average Bonchev–Trinajstić information content (AvgIpc) is 3.13. The minimum atomic E-state index is -0.247. The highest BCUT2D eigenvalue weighted by Gasteiger charge is 2.29. The summed E-state index contributed by atoms with van der Waals surface area (Å²) in [6.45, 7) is 5.55. The van der Waals surface area contributed by atoms with Gasteiger partial charge in [0.25, 0.3) is 11.5 Å². The molecule has 146 valence electrons. The lowest BCUT2D eigenvalue weighted by atomic mass is 10.1. The monoisotopic (exact) mass is 450 g/mol. The molecule has 4 rings (SSSR count). The van der Waals surface area contributed by atoms with E-state index in [1.54, 1.807) is 13.0 Å². The molecule has 3 aromatic rings. The van der Waals surface area contributed by atoms with Gasteiger partial charge in [-0.3, -0.25) is 14.7 Å². The van der Waals surface area contributed by atoms with Crippen molar-refractivity contribution in [1.82, 2.24) is 9.78 Å². The number of aromatic nitrogens is 2. The predicted octanol–water partition coefficient (Wildman–Crippen LogP) is 4.35. The van der Waals surface area contributed by atoms with Crippen LogP contribution in [0.2, 0.25) is 0 Å². The summed E-state index contributed by atoms with van der Waals surface area (Å²) in [5.41, 5.74) is 4.36. The standard InChI is InChI=1S/C22H19BrN4O2/c1-13-5-4-6-18(11-13)27-22(29)20(15(3)25-27)12-19-14(2)24-26(21(19)28)17-9-7-16(23)8-10-17/h4-12,24H,1-3H3/b20-12+. The number of hydrogen-bond acceptors (Lipinski definition) is 3. The number of aromatic amines is 1. The minimum Gasteiger partial charge on any atom is -0.295 e. The van der Waals surface area contributed by atoms with Gasteiger partial charge in [-0.05, 0) is 68.8 Å². The lowest BCUT2D eigenvalue weighted by Gasteiger charge is -2.12. The molecule has 0 radical (unpaired) electrons.